The molecule has 0 saturated heterocycles. The van der Waals surface area contributed by atoms with Crippen molar-refractivity contribution in [3.8, 4) is 5.88 Å². The Bertz CT molecular complexity index is 898. The lowest BCUT2D eigenvalue weighted by Gasteiger charge is -2.01. The zero-order valence-electron chi connectivity index (χ0n) is 12.3. The first-order valence-corrected chi connectivity index (χ1v) is 6.95. The summed E-state index contributed by atoms with van der Waals surface area (Å²) in [6.45, 7) is 1.44. The minimum Gasteiger partial charge on any atom is -0.494 e. The number of fused-ring (bicyclic) bond motifs is 1. The van der Waals surface area contributed by atoms with Gasteiger partial charge in [0.25, 0.3) is 0 Å². The predicted octanol–water partition coefficient (Wildman–Crippen LogP) is 3.72. The lowest BCUT2D eigenvalue weighted by molar-refractivity contribution is -0.114. The van der Waals surface area contributed by atoms with Gasteiger partial charge in [0.15, 0.2) is 5.88 Å². The molecule has 0 spiro atoms. The smallest absolute Gasteiger partial charge is 0.221 e. The molecule has 3 N–H and O–H groups in total. The summed E-state index contributed by atoms with van der Waals surface area (Å²) < 4.78 is 13.4. The van der Waals surface area contributed by atoms with Crippen LogP contribution in [0.5, 0.6) is 5.88 Å². The van der Waals surface area contributed by atoms with Crippen molar-refractivity contribution in [3.63, 3.8) is 0 Å². The van der Waals surface area contributed by atoms with Crippen molar-refractivity contribution in [1.82, 2.24) is 4.98 Å². The maximum absolute atomic E-state index is 13.4. The summed E-state index contributed by atoms with van der Waals surface area (Å²) in [7, 11) is 0. The van der Waals surface area contributed by atoms with Crippen LogP contribution in [0.1, 0.15) is 12.5 Å². The van der Waals surface area contributed by atoms with Crippen molar-refractivity contribution >= 4 is 34.4 Å². The van der Waals surface area contributed by atoms with Crippen molar-refractivity contribution in [2.75, 3.05) is 5.32 Å². The van der Waals surface area contributed by atoms with Crippen LogP contribution in [-0.2, 0) is 4.79 Å². The summed E-state index contributed by atoms with van der Waals surface area (Å²) in [5, 5.41) is 13.2. The number of nitrogens with one attached hydrogen (secondary N) is 2. The number of rotatable bonds is 3. The molecule has 116 valence electrons. The van der Waals surface area contributed by atoms with Crippen LogP contribution in [0.4, 0.5) is 15.8 Å². The fourth-order valence-electron chi connectivity index (χ4n) is 2.27. The van der Waals surface area contributed by atoms with Crippen LogP contribution in [0.3, 0.4) is 0 Å². The Morgan fingerprint density at radius 2 is 2.00 bits per heavy atom. The van der Waals surface area contributed by atoms with Crippen LogP contribution in [0.15, 0.2) is 47.5 Å². The number of H-pyrrole nitrogens is 1. The molecule has 0 aliphatic carbocycles. The van der Waals surface area contributed by atoms with E-state index < -0.39 is 0 Å². The van der Waals surface area contributed by atoms with Crippen molar-refractivity contribution in [1.29, 1.82) is 0 Å². The van der Waals surface area contributed by atoms with E-state index >= 15 is 0 Å². The van der Waals surface area contributed by atoms with Gasteiger partial charge in [0.1, 0.15) is 5.82 Å². The van der Waals surface area contributed by atoms with E-state index in [1.54, 1.807) is 30.3 Å². The molecule has 1 heterocycles. The number of aliphatic imine (C=N–C) groups is 1. The number of aromatic hydroxyl groups is 1. The molecule has 0 aliphatic heterocycles. The average Bonchev–Trinajstić information content (AvgIpc) is 2.81. The van der Waals surface area contributed by atoms with Crippen LogP contribution in [0.25, 0.3) is 10.9 Å². The summed E-state index contributed by atoms with van der Waals surface area (Å²) in [6, 6.07) is 11.1. The number of anilines is 1. The number of hydrogen-bond acceptors (Lipinski definition) is 3. The maximum Gasteiger partial charge on any atom is 0.221 e. The number of carbonyl (C=O) groups is 1. The SMILES string of the molecule is CC(=O)Nc1ccc(N=Cc2c(O)[nH]c3ccc(F)cc23)cc1. The lowest BCUT2D eigenvalue weighted by Crippen LogP contribution is -2.04. The zero-order chi connectivity index (χ0) is 16.4. The number of amides is 1. The molecular formula is C17H14FN3O2. The van der Waals surface area contributed by atoms with Gasteiger partial charge in [-0.25, -0.2) is 4.39 Å². The normalized spacial score (nSPS) is 11.2. The third-order valence-electron chi connectivity index (χ3n) is 3.31. The van der Waals surface area contributed by atoms with E-state index in [0.29, 0.717) is 27.8 Å². The summed E-state index contributed by atoms with van der Waals surface area (Å²) >= 11 is 0. The number of halogens is 1. The Hall–Kier alpha value is -3.15. The van der Waals surface area contributed by atoms with Crippen LogP contribution in [0, 0.1) is 5.82 Å². The van der Waals surface area contributed by atoms with Crippen LogP contribution >= 0.6 is 0 Å². The monoisotopic (exact) mass is 311 g/mol. The molecule has 1 amide bonds. The molecule has 1 aromatic heterocycles. The molecule has 6 heteroatoms. The number of benzene rings is 2. The Kier molecular flexibility index (Phi) is 3.80. The second-order valence-corrected chi connectivity index (χ2v) is 5.06. The van der Waals surface area contributed by atoms with Gasteiger partial charge in [-0.15, -0.1) is 0 Å². The highest BCUT2D eigenvalue weighted by Gasteiger charge is 2.09. The van der Waals surface area contributed by atoms with E-state index in [4.69, 9.17) is 0 Å². The first kappa shape index (κ1) is 14.8. The van der Waals surface area contributed by atoms with Gasteiger partial charge in [0.05, 0.1) is 11.3 Å². The highest BCUT2D eigenvalue weighted by Crippen LogP contribution is 2.27. The maximum atomic E-state index is 13.4. The Morgan fingerprint density at radius 1 is 1.26 bits per heavy atom. The Labute approximate surface area is 131 Å². The van der Waals surface area contributed by atoms with E-state index in [2.05, 4.69) is 15.3 Å². The fourth-order valence-corrected chi connectivity index (χ4v) is 2.27. The number of hydrogen-bond donors (Lipinski definition) is 3. The Morgan fingerprint density at radius 3 is 2.70 bits per heavy atom. The predicted molar refractivity (Wildman–Crippen MR) is 87.9 cm³/mol. The molecule has 0 aliphatic rings. The number of aromatic amines is 1. The molecule has 0 unspecified atom stereocenters. The van der Waals surface area contributed by atoms with Crippen LogP contribution in [0.2, 0.25) is 0 Å². The van der Waals surface area contributed by atoms with Gasteiger partial charge in [-0.05, 0) is 42.5 Å². The van der Waals surface area contributed by atoms with Crippen molar-refractivity contribution in [3.05, 3.63) is 53.8 Å². The fraction of sp³-hybridized carbons (Fsp3) is 0.0588. The third-order valence-corrected chi connectivity index (χ3v) is 3.31. The van der Waals surface area contributed by atoms with Crippen molar-refractivity contribution in [2.24, 2.45) is 4.99 Å². The summed E-state index contributed by atoms with van der Waals surface area (Å²) in [6.07, 6.45) is 1.47. The number of nitrogens with zero attached hydrogens (tertiary/aromatic N) is 1. The molecule has 2 aromatic carbocycles. The lowest BCUT2D eigenvalue weighted by atomic mass is 10.2. The van der Waals surface area contributed by atoms with Gasteiger partial charge in [-0.2, -0.15) is 0 Å². The first-order chi connectivity index (χ1) is 11.0. The van der Waals surface area contributed by atoms with E-state index in [0.717, 1.165) is 0 Å². The first-order valence-electron chi connectivity index (χ1n) is 6.95. The largest absolute Gasteiger partial charge is 0.494 e. The molecule has 0 bridgehead atoms. The van der Waals surface area contributed by atoms with Crippen LogP contribution in [-0.4, -0.2) is 22.2 Å². The quantitative estimate of drug-likeness (QED) is 0.645. The van der Waals surface area contributed by atoms with Crippen molar-refractivity contribution < 1.29 is 14.3 Å². The second-order valence-electron chi connectivity index (χ2n) is 5.06. The molecule has 0 radical (unpaired) electrons. The zero-order valence-corrected chi connectivity index (χ0v) is 12.3. The average molecular weight is 311 g/mol. The second kappa shape index (κ2) is 5.92. The number of carbonyl (C=O) groups excluding carboxylic acids is 1. The molecule has 23 heavy (non-hydrogen) atoms. The van der Waals surface area contributed by atoms with E-state index in [9.17, 15) is 14.3 Å². The molecule has 0 fully saturated rings. The summed E-state index contributed by atoms with van der Waals surface area (Å²) in [5.74, 6) is -0.595. The topological polar surface area (TPSA) is 77.5 Å². The molecule has 0 atom stereocenters. The van der Waals surface area contributed by atoms with Gasteiger partial charge in [-0.3, -0.25) is 9.79 Å². The summed E-state index contributed by atoms with van der Waals surface area (Å²) in [4.78, 5) is 18.0. The van der Waals surface area contributed by atoms with Gasteiger partial charge in [0, 0.05) is 29.7 Å². The Balaban J connectivity index is 1.89. The highest BCUT2D eigenvalue weighted by atomic mass is 19.1. The molecule has 0 saturated carbocycles. The van der Waals surface area contributed by atoms with E-state index in [1.165, 1.54) is 25.3 Å². The van der Waals surface area contributed by atoms with Crippen LogP contribution < -0.4 is 5.32 Å². The van der Waals surface area contributed by atoms with E-state index in [-0.39, 0.29) is 17.6 Å². The molecular weight excluding hydrogens is 297 g/mol. The van der Waals surface area contributed by atoms with E-state index in [1.807, 2.05) is 0 Å². The van der Waals surface area contributed by atoms with Gasteiger partial charge >= 0.3 is 0 Å². The molecule has 5 nitrogen and oxygen atoms in total. The van der Waals surface area contributed by atoms with Crippen molar-refractivity contribution in [2.45, 2.75) is 6.92 Å². The molecule has 3 aromatic rings. The summed E-state index contributed by atoms with van der Waals surface area (Å²) in [5.41, 5.74) is 2.37. The highest BCUT2D eigenvalue weighted by molar-refractivity contribution is 6.02. The minimum absolute atomic E-state index is 0.0655. The minimum atomic E-state index is -0.384. The number of aromatic nitrogens is 1. The van der Waals surface area contributed by atoms with Gasteiger partial charge in [0.2, 0.25) is 5.91 Å². The molecule has 3 rings (SSSR count). The van der Waals surface area contributed by atoms with Gasteiger partial charge < -0.3 is 15.4 Å². The van der Waals surface area contributed by atoms with Gasteiger partial charge in [-0.1, -0.05) is 0 Å². The standard InChI is InChI=1S/C17H14FN3O2/c1-10(22)20-13-5-3-12(4-6-13)19-9-15-14-8-11(18)2-7-16(14)21-17(15)23/h2-9,21,23H,1H3,(H,20,22). The third kappa shape index (κ3) is 3.21.